The Labute approximate surface area is 189 Å². The molecule has 9 heteroatoms. The molecule has 0 bridgehead atoms. The summed E-state index contributed by atoms with van der Waals surface area (Å²) in [5, 5.41) is 14.3. The molecule has 1 amide bonds. The summed E-state index contributed by atoms with van der Waals surface area (Å²) in [7, 11) is 0. The van der Waals surface area contributed by atoms with Gasteiger partial charge in [0.2, 0.25) is 17.7 Å². The van der Waals surface area contributed by atoms with E-state index in [4.69, 9.17) is 16.0 Å². The number of halogens is 1. The van der Waals surface area contributed by atoms with E-state index in [1.165, 1.54) is 4.68 Å². The van der Waals surface area contributed by atoms with Crippen LogP contribution in [-0.4, -0.2) is 37.3 Å². The smallest absolute Gasteiger partial charge is 0.275 e. The van der Waals surface area contributed by atoms with Gasteiger partial charge in [-0.15, -0.1) is 10.2 Å². The van der Waals surface area contributed by atoms with Gasteiger partial charge in [-0.3, -0.25) is 9.59 Å². The number of hydrogen-bond acceptors (Lipinski definition) is 6. The fourth-order valence-electron chi connectivity index (χ4n) is 3.53. The molecule has 32 heavy (non-hydrogen) atoms. The molecule has 8 nitrogen and oxygen atoms in total. The molecule has 0 radical (unpaired) electrons. The topological polar surface area (TPSA) is 94.1 Å². The van der Waals surface area contributed by atoms with Crippen LogP contribution in [0.1, 0.15) is 24.9 Å². The van der Waals surface area contributed by atoms with E-state index in [-0.39, 0.29) is 36.3 Å². The van der Waals surface area contributed by atoms with Crippen molar-refractivity contribution in [2.45, 2.75) is 33.4 Å². The molecule has 0 unspecified atom stereocenters. The van der Waals surface area contributed by atoms with Crippen LogP contribution in [0.25, 0.3) is 22.2 Å². The maximum Gasteiger partial charge on any atom is 0.275 e. The average molecular weight is 452 g/mol. The zero-order valence-electron chi connectivity index (χ0n) is 17.8. The highest BCUT2D eigenvalue weighted by Gasteiger charge is 2.20. The van der Waals surface area contributed by atoms with Crippen LogP contribution < -0.4 is 5.56 Å². The first-order valence-corrected chi connectivity index (χ1v) is 10.7. The third kappa shape index (κ3) is 4.40. The molecule has 2 aromatic heterocycles. The van der Waals surface area contributed by atoms with E-state index in [0.717, 1.165) is 11.8 Å². The number of aryl methyl sites for hydroxylation is 1. The fraction of sp³-hybridized carbons (Fsp3) is 0.261. The van der Waals surface area contributed by atoms with E-state index in [9.17, 15) is 9.59 Å². The number of amides is 1. The number of carbonyl (C=O) groups excluding carboxylic acids is 1. The SMILES string of the molecule is CCCN(Cc1nnc(-c2ccccc2Cl)o1)C(=O)Cn1nc(C)c2ccccc2c1=O. The molecule has 0 fully saturated rings. The summed E-state index contributed by atoms with van der Waals surface area (Å²) in [6.07, 6.45) is 0.732. The molecule has 164 valence electrons. The van der Waals surface area contributed by atoms with Crippen molar-refractivity contribution in [2.24, 2.45) is 0 Å². The Bertz CT molecular complexity index is 1330. The highest BCUT2D eigenvalue weighted by atomic mass is 35.5. The first-order chi connectivity index (χ1) is 15.5. The number of nitrogens with zero attached hydrogens (tertiary/aromatic N) is 5. The maximum absolute atomic E-state index is 13.1. The molecule has 0 aliphatic heterocycles. The summed E-state index contributed by atoms with van der Waals surface area (Å²) >= 11 is 6.20. The van der Waals surface area contributed by atoms with Gasteiger partial charge in [-0.25, -0.2) is 4.68 Å². The molecular formula is C23H22ClN5O3. The molecule has 4 aromatic rings. The first-order valence-electron chi connectivity index (χ1n) is 10.3. The van der Waals surface area contributed by atoms with Gasteiger partial charge < -0.3 is 9.32 Å². The molecule has 0 saturated heterocycles. The molecule has 0 saturated carbocycles. The van der Waals surface area contributed by atoms with E-state index in [1.807, 2.05) is 38.1 Å². The second kappa shape index (κ2) is 9.32. The van der Waals surface area contributed by atoms with Gasteiger partial charge in [0.1, 0.15) is 6.54 Å². The zero-order chi connectivity index (χ0) is 22.7. The Morgan fingerprint density at radius 3 is 2.56 bits per heavy atom. The van der Waals surface area contributed by atoms with Crippen LogP contribution in [0.3, 0.4) is 0 Å². The van der Waals surface area contributed by atoms with Crippen molar-refractivity contribution in [3.8, 4) is 11.5 Å². The van der Waals surface area contributed by atoms with Gasteiger partial charge in [0, 0.05) is 11.9 Å². The molecule has 0 aliphatic rings. The molecule has 0 N–H and O–H groups in total. The molecule has 0 spiro atoms. The van der Waals surface area contributed by atoms with Gasteiger partial charge in [0.25, 0.3) is 5.56 Å². The molecule has 2 heterocycles. The third-order valence-electron chi connectivity index (χ3n) is 5.08. The number of rotatable bonds is 7. The normalized spacial score (nSPS) is 11.1. The van der Waals surface area contributed by atoms with Crippen LogP contribution in [0, 0.1) is 6.92 Å². The summed E-state index contributed by atoms with van der Waals surface area (Å²) in [6.45, 7) is 4.22. The second-order valence-corrected chi connectivity index (χ2v) is 7.80. The van der Waals surface area contributed by atoms with Crippen LogP contribution in [0.15, 0.2) is 57.7 Å². The summed E-state index contributed by atoms with van der Waals surface area (Å²) in [4.78, 5) is 27.5. The van der Waals surface area contributed by atoms with E-state index >= 15 is 0 Å². The Balaban J connectivity index is 1.56. The molecular weight excluding hydrogens is 430 g/mol. The minimum atomic E-state index is -0.296. The Kier molecular flexibility index (Phi) is 6.32. The summed E-state index contributed by atoms with van der Waals surface area (Å²) in [5.74, 6) is 0.322. The first kappa shape index (κ1) is 21.7. The highest BCUT2D eigenvalue weighted by molar-refractivity contribution is 6.33. The number of hydrogen-bond donors (Lipinski definition) is 0. The van der Waals surface area contributed by atoms with Crippen molar-refractivity contribution in [1.29, 1.82) is 0 Å². The van der Waals surface area contributed by atoms with Crippen molar-refractivity contribution < 1.29 is 9.21 Å². The lowest BCUT2D eigenvalue weighted by Gasteiger charge is -2.20. The van der Waals surface area contributed by atoms with Crippen molar-refractivity contribution in [3.05, 3.63) is 75.5 Å². The lowest BCUT2D eigenvalue weighted by molar-refractivity contribution is -0.133. The van der Waals surface area contributed by atoms with Crippen molar-refractivity contribution in [3.63, 3.8) is 0 Å². The summed E-state index contributed by atoms with van der Waals surface area (Å²) in [5.41, 5.74) is 1.02. The lowest BCUT2D eigenvalue weighted by Crippen LogP contribution is -2.37. The van der Waals surface area contributed by atoms with Crippen molar-refractivity contribution in [1.82, 2.24) is 24.9 Å². The molecule has 0 aliphatic carbocycles. The average Bonchev–Trinajstić information content (AvgIpc) is 3.25. The Morgan fingerprint density at radius 1 is 1.09 bits per heavy atom. The molecule has 4 rings (SSSR count). The van der Waals surface area contributed by atoms with Gasteiger partial charge in [-0.2, -0.15) is 5.10 Å². The number of carbonyl (C=O) groups is 1. The zero-order valence-corrected chi connectivity index (χ0v) is 18.5. The minimum Gasteiger partial charge on any atom is -0.419 e. The minimum absolute atomic E-state index is 0.130. The van der Waals surface area contributed by atoms with E-state index in [2.05, 4.69) is 15.3 Å². The standard InChI is InChI=1S/C23H22ClN5O3/c1-3-12-28(13-20-25-26-22(32-20)18-10-6-7-11-19(18)24)21(30)14-29-23(31)17-9-5-4-8-16(17)15(2)27-29/h4-11H,3,12-14H2,1-2H3. The second-order valence-electron chi connectivity index (χ2n) is 7.39. The van der Waals surface area contributed by atoms with E-state index < -0.39 is 0 Å². The van der Waals surface area contributed by atoms with Gasteiger partial charge in [0.15, 0.2) is 0 Å². The van der Waals surface area contributed by atoms with E-state index in [1.54, 1.807) is 29.2 Å². The highest BCUT2D eigenvalue weighted by Crippen LogP contribution is 2.26. The van der Waals surface area contributed by atoms with Crippen LogP contribution in [-0.2, 0) is 17.9 Å². The van der Waals surface area contributed by atoms with Crippen molar-refractivity contribution >= 4 is 28.3 Å². The summed E-state index contributed by atoms with van der Waals surface area (Å²) in [6, 6.07) is 14.4. The Morgan fingerprint density at radius 2 is 1.81 bits per heavy atom. The quantitative estimate of drug-likeness (QED) is 0.423. The van der Waals surface area contributed by atoms with Gasteiger partial charge in [0.05, 0.1) is 28.2 Å². The van der Waals surface area contributed by atoms with Crippen LogP contribution in [0.2, 0.25) is 5.02 Å². The van der Waals surface area contributed by atoms with Crippen LogP contribution in [0.5, 0.6) is 0 Å². The Hall–Kier alpha value is -3.52. The summed E-state index contributed by atoms with van der Waals surface area (Å²) < 4.78 is 6.96. The van der Waals surface area contributed by atoms with E-state index in [0.29, 0.717) is 28.2 Å². The monoisotopic (exact) mass is 451 g/mol. The van der Waals surface area contributed by atoms with Gasteiger partial charge >= 0.3 is 0 Å². The third-order valence-corrected chi connectivity index (χ3v) is 5.41. The lowest BCUT2D eigenvalue weighted by atomic mass is 10.1. The number of aromatic nitrogens is 4. The molecule has 2 aromatic carbocycles. The fourth-order valence-corrected chi connectivity index (χ4v) is 3.74. The number of fused-ring (bicyclic) bond motifs is 1. The van der Waals surface area contributed by atoms with Crippen molar-refractivity contribution in [2.75, 3.05) is 6.54 Å². The van der Waals surface area contributed by atoms with Gasteiger partial charge in [-0.05, 0) is 31.5 Å². The number of benzene rings is 2. The predicted octanol–water partition coefficient (Wildman–Crippen LogP) is 3.85. The largest absolute Gasteiger partial charge is 0.419 e. The van der Waals surface area contributed by atoms with Crippen LogP contribution in [0.4, 0.5) is 0 Å². The van der Waals surface area contributed by atoms with Gasteiger partial charge in [-0.1, -0.05) is 48.9 Å². The van der Waals surface area contributed by atoms with Crippen LogP contribution >= 0.6 is 11.6 Å². The maximum atomic E-state index is 13.1. The molecule has 0 atom stereocenters. The predicted molar refractivity (Wildman–Crippen MR) is 121 cm³/mol.